The van der Waals surface area contributed by atoms with Crippen molar-refractivity contribution in [3.8, 4) is 6.07 Å². The highest BCUT2D eigenvalue weighted by molar-refractivity contribution is 8.03. The SMILES string of the molecule is CC1=C(C(=O)NC2CCCCC2)C(C2CCCS2)C(C#N)=C(SCC(=O)NC2CCCC(Cl)C2C)N1. The van der Waals surface area contributed by atoms with Crippen molar-refractivity contribution in [1.82, 2.24) is 16.0 Å². The fourth-order valence-electron chi connectivity index (χ4n) is 6.02. The number of dihydropyridines is 1. The van der Waals surface area contributed by atoms with Crippen LogP contribution in [-0.2, 0) is 9.59 Å². The molecule has 0 bridgehead atoms. The average Bonchev–Trinajstić information content (AvgIpc) is 3.40. The van der Waals surface area contributed by atoms with Gasteiger partial charge in [-0.25, -0.2) is 0 Å². The zero-order valence-electron chi connectivity index (χ0n) is 21.4. The van der Waals surface area contributed by atoms with Gasteiger partial charge < -0.3 is 16.0 Å². The fourth-order valence-corrected chi connectivity index (χ4v) is 8.69. The number of nitriles is 1. The van der Waals surface area contributed by atoms with E-state index in [0.717, 1.165) is 69.2 Å². The van der Waals surface area contributed by atoms with Gasteiger partial charge in [0.25, 0.3) is 0 Å². The van der Waals surface area contributed by atoms with Gasteiger partial charge in [0.05, 0.1) is 22.4 Å². The summed E-state index contributed by atoms with van der Waals surface area (Å²) in [6.07, 6.45) is 10.7. The predicted octanol–water partition coefficient (Wildman–Crippen LogP) is 5.20. The zero-order valence-corrected chi connectivity index (χ0v) is 23.8. The Morgan fingerprint density at radius 3 is 2.58 bits per heavy atom. The van der Waals surface area contributed by atoms with Crippen molar-refractivity contribution >= 4 is 46.9 Å². The smallest absolute Gasteiger partial charge is 0.249 e. The van der Waals surface area contributed by atoms with Gasteiger partial charge in [0.2, 0.25) is 11.8 Å². The molecule has 2 heterocycles. The molecular formula is C27H39ClN4O2S2. The van der Waals surface area contributed by atoms with Crippen LogP contribution in [0.15, 0.2) is 21.9 Å². The molecule has 0 aromatic rings. The van der Waals surface area contributed by atoms with Crippen molar-refractivity contribution in [3.63, 3.8) is 0 Å². The van der Waals surface area contributed by atoms with Gasteiger partial charge >= 0.3 is 0 Å². The molecule has 198 valence electrons. The van der Waals surface area contributed by atoms with Crippen molar-refractivity contribution in [2.45, 2.75) is 101 Å². The van der Waals surface area contributed by atoms with Crippen molar-refractivity contribution < 1.29 is 9.59 Å². The molecule has 4 rings (SSSR count). The number of amides is 2. The van der Waals surface area contributed by atoms with E-state index >= 15 is 0 Å². The number of halogens is 1. The summed E-state index contributed by atoms with van der Waals surface area (Å²) in [5, 5.41) is 21.0. The zero-order chi connectivity index (χ0) is 25.7. The van der Waals surface area contributed by atoms with E-state index in [1.165, 1.54) is 18.2 Å². The van der Waals surface area contributed by atoms with Crippen LogP contribution in [-0.4, -0.2) is 46.0 Å². The van der Waals surface area contributed by atoms with Crippen molar-refractivity contribution in [1.29, 1.82) is 5.26 Å². The number of thioether (sulfide) groups is 2. The van der Waals surface area contributed by atoms with Gasteiger partial charge in [-0.05, 0) is 63.5 Å². The summed E-state index contributed by atoms with van der Waals surface area (Å²) in [6.45, 7) is 4.04. The van der Waals surface area contributed by atoms with Gasteiger partial charge in [-0.3, -0.25) is 9.59 Å². The number of carbonyl (C=O) groups is 2. The predicted molar refractivity (Wildman–Crippen MR) is 150 cm³/mol. The Kier molecular flexibility index (Phi) is 9.99. The highest BCUT2D eigenvalue weighted by Gasteiger charge is 2.40. The first-order valence-corrected chi connectivity index (χ1v) is 16.0. The minimum atomic E-state index is -0.242. The second-order valence-electron chi connectivity index (χ2n) is 10.6. The molecule has 2 saturated carbocycles. The van der Waals surface area contributed by atoms with E-state index in [1.807, 2.05) is 18.7 Å². The lowest BCUT2D eigenvalue weighted by atomic mass is 9.83. The third-order valence-electron chi connectivity index (χ3n) is 8.11. The quantitative estimate of drug-likeness (QED) is 0.377. The van der Waals surface area contributed by atoms with Crippen molar-refractivity contribution in [3.05, 3.63) is 21.9 Å². The third-order valence-corrected chi connectivity index (χ3v) is 11.2. The fraction of sp³-hybridized carbons (Fsp3) is 0.741. The second-order valence-corrected chi connectivity index (χ2v) is 13.5. The largest absolute Gasteiger partial charge is 0.353 e. The van der Waals surface area contributed by atoms with Gasteiger partial charge in [-0.1, -0.05) is 37.9 Å². The molecule has 3 fully saturated rings. The molecule has 1 saturated heterocycles. The molecule has 9 heteroatoms. The number of hydrogen-bond acceptors (Lipinski definition) is 6. The summed E-state index contributed by atoms with van der Waals surface area (Å²) in [4.78, 5) is 26.4. The molecule has 5 atom stereocenters. The lowest BCUT2D eigenvalue weighted by molar-refractivity contribution is -0.120. The summed E-state index contributed by atoms with van der Waals surface area (Å²) >= 11 is 9.66. The number of carbonyl (C=O) groups excluding carboxylic acids is 2. The molecule has 0 spiro atoms. The third kappa shape index (κ3) is 6.57. The van der Waals surface area contributed by atoms with Crippen LogP contribution in [0.1, 0.15) is 78.1 Å². The van der Waals surface area contributed by atoms with Crippen LogP contribution in [0, 0.1) is 23.2 Å². The van der Waals surface area contributed by atoms with E-state index in [4.69, 9.17) is 11.6 Å². The van der Waals surface area contributed by atoms with Crippen LogP contribution in [0.25, 0.3) is 0 Å². The Morgan fingerprint density at radius 1 is 1.11 bits per heavy atom. The molecule has 6 nitrogen and oxygen atoms in total. The molecule has 2 amide bonds. The number of nitrogens with zero attached hydrogens (tertiary/aromatic N) is 1. The van der Waals surface area contributed by atoms with Crippen LogP contribution < -0.4 is 16.0 Å². The first kappa shape index (κ1) is 27.7. The molecule has 0 aromatic heterocycles. The van der Waals surface area contributed by atoms with E-state index in [2.05, 4.69) is 28.9 Å². The number of hydrogen-bond donors (Lipinski definition) is 3. The van der Waals surface area contributed by atoms with Crippen LogP contribution in [0.2, 0.25) is 0 Å². The molecule has 0 aromatic carbocycles. The maximum absolute atomic E-state index is 13.5. The number of rotatable bonds is 7. The Hall–Kier alpha value is -1.30. The van der Waals surface area contributed by atoms with Crippen molar-refractivity contribution in [2.24, 2.45) is 11.8 Å². The molecule has 2 aliphatic carbocycles. The van der Waals surface area contributed by atoms with Gasteiger partial charge in [-0.15, -0.1) is 11.6 Å². The standard InChI is InChI=1S/C27H39ClN4O2S2/c1-16-20(28)10-6-11-21(16)32-23(33)15-36-27-19(14-29)25(22-12-7-13-35-22)24(17(2)30-27)26(34)31-18-8-4-3-5-9-18/h16,18,20-22,25,30H,3-13,15H2,1-2H3,(H,31,34)(H,32,33). The van der Waals surface area contributed by atoms with Crippen LogP contribution in [0.4, 0.5) is 0 Å². The van der Waals surface area contributed by atoms with E-state index in [1.54, 1.807) is 0 Å². The highest BCUT2D eigenvalue weighted by Crippen LogP contribution is 2.44. The van der Waals surface area contributed by atoms with Crippen LogP contribution in [0.3, 0.4) is 0 Å². The summed E-state index contributed by atoms with van der Waals surface area (Å²) in [7, 11) is 0. The highest BCUT2D eigenvalue weighted by atomic mass is 35.5. The second kappa shape index (κ2) is 13.0. The lowest BCUT2D eigenvalue weighted by Gasteiger charge is -2.34. The molecule has 4 aliphatic rings. The normalized spacial score (nSPS) is 31.6. The van der Waals surface area contributed by atoms with Gasteiger partial charge in [0, 0.05) is 39.9 Å². The molecule has 36 heavy (non-hydrogen) atoms. The maximum Gasteiger partial charge on any atom is 0.249 e. The maximum atomic E-state index is 13.5. The summed E-state index contributed by atoms with van der Waals surface area (Å²) in [5.74, 6) is 1.20. The minimum absolute atomic E-state index is 0.0385. The molecular weight excluding hydrogens is 512 g/mol. The molecule has 2 aliphatic heterocycles. The molecule has 5 unspecified atom stereocenters. The number of allylic oxidation sites excluding steroid dienone is 2. The van der Waals surface area contributed by atoms with Gasteiger partial charge in [-0.2, -0.15) is 17.0 Å². The lowest BCUT2D eigenvalue weighted by Crippen LogP contribution is -2.45. The first-order chi connectivity index (χ1) is 17.4. The Labute approximate surface area is 229 Å². The van der Waals surface area contributed by atoms with Gasteiger partial charge in [0.1, 0.15) is 0 Å². The average molecular weight is 551 g/mol. The monoisotopic (exact) mass is 550 g/mol. The summed E-state index contributed by atoms with van der Waals surface area (Å²) in [5.41, 5.74) is 2.10. The van der Waals surface area contributed by atoms with E-state index in [0.29, 0.717) is 16.2 Å². The summed E-state index contributed by atoms with van der Waals surface area (Å²) < 4.78 is 0. The number of nitrogens with one attached hydrogen (secondary N) is 3. The molecule has 0 radical (unpaired) electrons. The van der Waals surface area contributed by atoms with Crippen LogP contribution in [0.5, 0.6) is 0 Å². The Balaban J connectivity index is 1.48. The van der Waals surface area contributed by atoms with Crippen molar-refractivity contribution in [2.75, 3.05) is 11.5 Å². The first-order valence-electron chi connectivity index (χ1n) is 13.5. The minimum Gasteiger partial charge on any atom is -0.353 e. The van der Waals surface area contributed by atoms with Crippen LogP contribution >= 0.6 is 35.1 Å². The number of alkyl halides is 1. The Morgan fingerprint density at radius 2 is 1.89 bits per heavy atom. The van der Waals surface area contributed by atoms with E-state index in [-0.39, 0.29) is 52.1 Å². The van der Waals surface area contributed by atoms with E-state index in [9.17, 15) is 14.9 Å². The summed E-state index contributed by atoms with van der Waals surface area (Å²) in [6, 6.07) is 2.74. The van der Waals surface area contributed by atoms with Gasteiger partial charge in [0.15, 0.2) is 0 Å². The topological polar surface area (TPSA) is 94.0 Å². The van der Waals surface area contributed by atoms with E-state index < -0.39 is 0 Å². The molecule has 3 N–H and O–H groups in total. The Bertz CT molecular complexity index is 935.